The lowest BCUT2D eigenvalue weighted by molar-refractivity contribution is 0.0947. The van der Waals surface area contributed by atoms with Crippen LogP contribution in [0.4, 0.5) is 5.69 Å². The number of hydrogen-bond donors (Lipinski definition) is 2. The van der Waals surface area contributed by atoms with Crippen molar-refractivity contribution in [2.24, 2.45) is 5.92 Å². The molecule has 1 aromatic carbocycles. The number of benzene rings is 1. The van der Waals surface area contributed by atoms with Crippen molar-refractivity contribution in [1.82, 2.24) is 15.5 Å². The van der Waals surface area contributed by atoms with Crippen molar-refractivity contribution in [1.29, 1.82) is 0 Å². The van der Waals surface area contributed by atoms with Gasteiger partial charge in [0.1, 0.15) is 16.5 Å². The maximum absolute atomic E-state index is 12.3. The van der Waals surface area contributed by atoms with Crippen molar-refractivity contribution in [2.45, 2.75) is 33.7 Å². The van der Waals surface area contributed by atoms with E-state index in [1.807, 2.05) is 19.1 Å². The van der Waals surface area contributed by atoms with Gasteiger partial charge in [-0.05, 0) is 49.2 Å². The van der Waals surface area contributed by atoms with E-state index in [0.29, 0.717) is 34.5 Å². The largest absolute Gasteiger partial charge is 0.465 e. The van der Waals surface area contributed by atoms with Crippen LogP contribution in [-0.4, -0.2) is 22.0 Å². The standard InChI is InChI=1S/C20H22N4O3S/c1-12(2)10-17-23-24-20(28-17)19(26)22-15-7-5-14(6-8-15)18(25)21-11-16-9-4-13(3)27-16/h4-9,12H,10-11H2,1-3H3,(H,21,25)(H,22,26). The van der Waals surface area contributed by atoms with E-state index in [-0.39, 0.29) is 11.8 Å². The first-order valence-electron chi connectivity index (χ1n) is 8.98. The van der Waals surface area contributed by atoms with Gasteiger partial charge in [-0.3, -0.25) is 9.59 Å². The molecule has 0 saturated carbocycles. The number of furan rings is 1. The summed E-state index contributed by atoms with van der Waals surface area (Å²) in [6.07, 6.45) is 0.798. The average Bonchev–Trinajstić information content (AvgIpc) is 3.29. The highest BCUT2D eigenvalue weighted by Gasteiger charge is 2.14. The molecule has 0 fully saturated rings. The third-order valence-corrected chi connectivity index (χ3v) is 4.81. The summed E-state index contributed by atoms with van der Waals surface area (Å²) in [7, 11) is 0. The molecule has 3 aromatic rings. The molecule has 2 aromatic heterocycles. The van der Waals surface area contributed by atoms with Crippen LogP contribution < -0.4 is 10.6 Å². The normalized spacial score (nSPS) is 10.9. The number of carbonyl (C=O) groups excluding carboxylic acids is 2. The van der Waals surface area contributed by atoms with Gasteiger partial charge in [0.2, 0.25) is 5.01 Å². The van der Waals surface area contributed by atoms with Gasteiger partial charge in [0, 0.05) is 17.7 Å². The van der Waals surface area contributed by atoms with E-state index in [0.717, 1.165) is 17.2 Å². The number of carbonyl (C=O) groups is 2. The molecule has 0 aliphatic heterocycles. The van der Waals surface area contributed by atoms with Crippen molar-refractivity contribution in [3.05, 3.63) is 63.5 Å². The van der Waals surface area contributed by atoms with Gasteiger partial charge in [0.25, 0.3) is 11.8 Å². The summed E-state index contributed by atoms with van der Waals surface area (Å²) in [4.78, 5) is 24.5. The van der Waals surface area contributed by atoms with Gasteiger partial charge >= 0.3 is 0 Å². The molecule has 2 heterocycles. The van der Waals surface area contributed by atoms with Crippen LogP contribution in [0.2, 0.25) is 0 Å². The molecule has 0 radical (unpaired) electrons. The number of nitrogens with zero attached hydrogens (tertiary/aromatic N) is 2. The molecule has 0 saturated heterocycles. The summed E-state index contributed by atoms with van der Waals surface area (Å²) in [6, 6.07) is 10.3. The number of hydrogen-bond acceptors (Lipinski definition) is 6. The number of rotatable bonds is 7. The first-order valence-corrected chi connectivity index (χ1v) is 9.79. The van der Waals surface area contributed by atoms with E-state index in [2.05, 4.69) is 34.7 Å². The van der Waals surface area contributed by atoms with Gasteiger partial charge in [-0.2, -0.15) is 0 Å². The molecule has 2 N–H and O–H groups in total. The van der Waals surface area contributed by atoms with E-state index in [4.69, 9.17) is 4.42 Å². The number of aryl methyl sites for hydroxylation is 1. The predicted octanol–water partition coefficient (Wildman–Crippen LogP) is 3.82. The molecule has 8 heteroatoms. The zero-order valence-corrected chi connectivity index (χ0v) is 16.8. The molecule has 0 unspecified atom stereocenters. The highest BCUT2D eigenvalue weighted by Crippen LogP contribution is 2.17. The van der Waals surface area contributed by atoms with E-state index < -0.39 is 0 Å². The maximum atomic E-state index is 12.3. The van der Waals surface area contributed by atoms with Crippen molar-refractivity contribution in [3.8, 4) is 0 Å². The Hall–Kier alpha value is -3.00. The smallest absolute Gasteiger partial charge is 0.286 e. The number of anilines is 1. The van der Waals surface area contributed by atoms with Crippen LogP contribution >= 0.6 is 11.3 Å². The Bertz CT molecular complexity index is 960. The van der Waals surface area contributed by atoms with Crippen molar-refractivity contribution in [2.75, 3.05) is 5.32 Å². The second-order valence-corrected chi connectivity index (χ2v) is 7.89. The third kappa shape index (κ3) is 5.26. The van der Waals surface area contributed by atoms with Crippen LogP contribution in [0, 0.1) is 12.8 Å². The molecule has 28 heavy (non-hydrogen) atoms. The summed E-state index contributed by atoms with van der Waals surface area (Å²) in [5.74, 6) is 1.44. The first kappa shape index (κ1) is 19.8. The molecule has 146 valence electrons. The Morgan fingerprint density at radius 1 is 1.07 bits per heavy atom. The van der Waals surface area contributed by atoms with E-state index in [9.17, 15) is 9.59 Å². The van der Waals surface area contributed by atoms with Gasteiger partial charge in [-0.25, -0.2) is 0 Å². The Morgan fingerprint density at radius 2 is 1.82 bits per heavy atom. The molecule has 0 aliphatic rings. The minimum absolute atomic E-state index is 0.214. The predicted molar refractivity (Wildman–Crippen MR) is 107 cm³/mol. The summed E-state index contributed by atoms with van der Waals surface area (Å²) >= 11 is 1.30. The van der Waals surface area contributed by atoms with Crippen LogP contribution in [0.15, 0.2) is 40.8 Å². The molecular formula is C20H22N4O3S. The number of nitrogens with one attached hydrogen (secondary N) is 2. The lowest BCUT2D eigenvalue weighted by atomic mass is 10.1. The quantitative estimate of drug-likeness (QED) is 0.631. The molecule has 0 aliphatic carbocycles. The van der Waals surface area contributed by atoms with Gasteiger partial charge in [0.05, 0.1) is 6.54 Å². The zero-order chi connectivity index (χ0) is 20.1. The fraction of sp³-hybridized carbons (Fsp3) is 0.300. The lowest BCUT2D eigenvalue weighted by Gasteiger charge is -2.06. The van der Waals surface area contributed by atoms with Crippen LogP contribution in [0.5, 0.6) is 0 Å². The second kappa shape index (κ2) is 8.79. The summed E-state index contributed by atoms with van der Waals surface area (Å²) < 4.78 is 5.43. The van der Waals surface area contributed by atoms with Gasteiger partial charge in [-0.15, -0.1) is 10.2 Å². The van der Waals surface area contributed by atoms with E-state index in [1.165, 1.54) is 11.3 Å². The van der Waals surface area contributed by atoms with Crippen LogP contribution in [0.3, 0.4) is 0 Å². The summed E-state index contributed by atoms with van der Waals surface area (Å²) in [5, 5.41) is 14.7. The lowest BCUT2D eigenvalue weighted by Crippen LogP contribution is -2.22. The molecule has 7 nitrogen and oxygen atoms in total. The minimum atomic E-state index is -0.308. The Kier molecular flexibility index (Phi) is 6.20. The van der Waals surface area contributed by atoms with E-state index in [1.54, 1.807) is 24.3 Å². The number of aromatic nitrogens is 2. The SMILES string of the molecule is Cc1ccc(CNC(=O)c2ccc(NC(=O)c3nnc(CC(C)C)s3)cc2)o1. The highest BCUT2D eigenvalue weighted by molar-refractivity contribution is 7.13. The van der Waals surface area contributed by atoms with Crippen LogP contribution in [0.1, 0.15) is 50.5 Å². The van der Waals surface area contributed by atoms with E-state index >= 15 is 0 Å². The maximum Gasteiger partial charge on any atom is 0.286 e. The van der Waals surface area contributed by atoms with Crippen LogP contribution in [0.25, 0.3) is 0 Å². The molecule has 0 bridgehead atoms. The highest BCUT2D eigenvalue weighted by atomic mass is 32.1. The zero-order valence-electron chi connectivity index (χ0n) is 16.0. The second-order valence-electron chi connectivity index (χ2n) is 6.83. The fourth-order valence-corrected chi connectivity index (χ4v) is 3.46. The van der Waals surface area contributed by atoms with Gasteiger partial charge in [0.15, 0.2) is 0 Å². The summed E-state index contributed by atoms with van der Waals surface area (Å²) in [6.45, 7) is 6.36. The van der Waals surface area contributed by atoms with Crippen LogP contribution in [-0.2, 0) is 13.0 Å². The van der Waals surface area contributed by atoms with Crippen molar-refractivity contribution in [3.63, 3.8) is 0 Å². The first-order chi connectivity index (χ1) is 13.4. The minimum Gasteiger partial charge on any atom is -0.465 e. The van der Waals surface area contributed by atoms with Gasteiger partial charge in [-0.1, -0.05) is 25.2 Å². The van der Waals surface area contributed by atoms with Gasteiger partial charge < -0.3 is 15.1 Å². The molecule has 3 rings (SSSR count). The monoisotopic (exact) mass is 398 g/mol. The molecule has 0 atom stereocenters. The Morgan fingerprint density at radius 3 is 2.46 bits per heavy atom. The topological polar surface area (TPSA) is 97.1 Å². The fourth-order valence-electron chi connectivity index (χ4n) is 2.52. The summed E-state index contributed by atoms with van der Waals surface area (Å²) in [5.41, 5.74) is 1.08. The van der Waals surface area contributed by atoms with Crippen molar-refractivity contribution < 1.29 is 14.0 Å². The Balaban J connectivity index is 1.55. The third-order valence-electron chi connectivity index (χ3n) is 3.87. The molecule has 2 amide bonds. The molecule has 0 spiro atoms. The average molecular weight is 398 g/mol. The molecular weight excluding hydrogens is 376 g/mol. The number of amides is 2. The Labute approximate surface area is 167 Å². The van der Waals surface area contributed by atoms with Crippen molar-refractivity contribution >= 4 is 28.8 Å².